The fourth-order valence-electron chi connectivity index (χ4n) is 1.73. The Hall–Kier alpha value is -0.120. The highest BCUT2D eigenvalue weighted by molar-refractivity contribution is 5.00. The van der Waals surface area contributed by atoms with Crippen LogP contribution < -0.4 is 5.73 Å². The third-order valence-electron chi connectivity index (χ3n) is 3.11. The van der Waals surface area contributed by atoms with Crippen LogP contribution in [0.3, 0.4) is 0 Å². The van der Waals surface area contributed by atoms with Gasteiger partial charge in [0.1, 0.15) is 0 Å². The number of hydrogen-bond acceptors (Lipinski definition) is 3. The number of hydrogen-bond donors (Lipinski definition) is 3. The molecule has 1 fully saturated rings. The van der Waals surface area contributed by atoms with Crippen molar-refractivity contribution in [3.8, 4) is 0 Å². The van der Waals surface area contributed by atoms with Gasteiger partial charge in [0.25, 0.3) is 0 Å². The summed E-state index contributed by atoms with van der Waals surface area (Å²) in [6.07, 6.45) is 2.37. The Balaban J connectivity index is 2.50. The highest BCUT2D eigenvalue weighted by atomic mass is 16.3. The lowest BCUT2D eigenvalue weighted by Gasteiger charge is -2.26. The Morgan fingerprint density at radius 2 is 2.08 bits per heavy atom. The fraction of sp³-hybridized carbons (Fsp3) is 1.00. The first kappa shape index (κ1) is 9.96. The Bertz CT molecular complexity index is 141. The highest BCUT2D eigenvalue weighted by Gasteiger charge is 2.50. The molecule has 3 heteroatoms. The molecule has 0 saturated heterocycles. The summed E-state index contributed by atoms with van der Waals surface area (Å²) in [5.74, 6) is 0.152. The van der Waals surface area contributed by atoms with Crippen molar-refractivity contribution in [2.75, 3.05) is 13.2 Å². The molecule has 3 nitrogen and oxygen atoms in total. The van der Waals surface area contributed by atoms with E-state index in [9.17, 15) is 5.11 Å². The Morgan fingerprint density at radius 3 is 2.33 bits per heavy atom. The molecule has 0 aromatic rings. The second kappa shape index (κ2) is 3.73. The van der Waals surface area contributed by atoms with E-state index in [0.717, 1.165) is 19.3 Å². The molecule has 72 valence electrons. The van der Waals surface area contributed by atoms with Crippen LogP contribution >= 0.6 is 0 Å². The highest BCUT2D eigenvalue weighted by Crippen LogP contribution is 2.50. The summed E-state index contributed by atoms with van der Waals surface area (Å²) >= 11 is 0. The number of aliphatic hydroxyl groups excluding tert-OH is 2. The van der Waals surface area contributed by atoms with Crippen molar-refractivity contribution in [2.24, 2.45) is 17.1 Å². The van der Waals surface area contributed by atoms with E-state index in [1.165, 1.54) is 0 Å². The third kappa shape index (κ3) is 1.63. The first-order valence-electron chi connectivity index (χ1n) is 4.69. The van der Waals surface area contributed by atoms with Gasteiger partial charge in [-0.2, -0.15) is 0 Å². The van der Waals surface area contributed by atoms with Crippen molar-refractivity contribution < 1.29 is 10.2 Å². The molecular formula is C9H19NO2. The Kier molecular flexibility index (Phi) is 3.09. The third-order valence-corrected chi connectivity index (χ3v) is 3.11. The number of nitrogens with two attached hydrogens (primary N) is 1. The van der Waals surface area contributed by atoms with E-state index >= 15 is 0 Å². The zero-order valence-electron chi connectivity index (χ0n) is 7.66. The Morgan fingerprint density at radius 1 is 1.50 bits per heavy atom. The lowest BCUT2D eigenvalue weighted by molar-refractivity contribution is 0.00888. The van der Waals surface area contributed by atoms with Gasteiger partial charge < -0.3 is 15.9 Å². The summed E-state index contributed by atoms with van der Waals surface area (Å²) in [5, 5.41) is 18.9. The molecule has 0 amide bonds. The van der Waals surface area contributed by atoms with Gasteiger partial charge in [0.15, 0.2) is 0 Å². The molecule has 0 heterocycles. The first-order valence-corrected chi connectivity index (χ1v) is 4.69. The summed E-state index contributed by atoms with van der Waals surface area (Å²) in [6.45, 7) is 2.64. The minimum absolute atomic E-state index is 0.102. The van der Waals surface area contributed by atoms with E-state index in [1.807, 2.05) is 6.92 Å². The maximum Gasteiger partial charge on any atom is 0.0658 e. The molecule has 1 rings (SSSR count). The predicted molar refractivity (Wildman–Crippen MR) is 47.6 cm³/mol. The van der Waals surface area contributed by atoms with Crippen molar-refractivity contribution in [2.45, 2.75) is 32.3 Å². The number of rotatable bonds is 5. The molecule has 0 bridgehead atoms. The van der Waals surface area contributed by atoms with Crippen molar-refractivity contribution in [3.05, 3.63) is 0 Å². The average molecular weight is 173 g/mol. The van der Waals surface area contributed by atoms with Crippen LogP contribution in [0, 0.1) is 11.3 Å². The van der Waals surface area contributed by atoms with E-state index in [0.29, 0.717) is 6.54 Å². The largest absolute Gasteiger partial charge is 0.396 e. The molecule has 4 N–H and O–H groups in total. The summed E-state index contributed by atoms with van der Waals surface area (Å²) < 4.78 is 0. The lowest BCUT2D eigenvalue weighted by atomic mass is 9.87. The van der Waals surface area contributed by atoms with Gasteiger partial charge in [-0.15, -0.1) is 0 Å². The molecule has 1 saturated carbocycles. The maximum absolute atomic E-state index is 9.86. The van der Waals surface area contributed by atoms with Crippen LogP contribution in [0.4, 0.5) is 0 Å². The van der Waals surface area contributed by atoms with Crippen molar-refractivity contribution >= 4 is 0 Å². The minimum atomic E-state index is -0.405. The van der Waals surface area contributed by atoms with Gasteiger partial charge in [0.2, 0.25) is 0 Å². The van der Waals surface area contributed by atoms with Crippen LogP contribution in [0.2, 0.25) is 0 Å². The molecule has 0 radical (unpaired) electrons. The van der Waals surface area contributed by atoms with E-state index in [-0.39, 0.29) is 17.9 Å². The Labute approximate surface area is 73.6 Å². The van der Waals surface area contributed by atoms with Gasteiger partial charge in [-0.05, 0) is 31.7 Å². The quantitative estimate of drug-likeness (QED) is 0.552. The van der Waals surface area contributed by atoms with Gasteiger partial charge in [-0.25, -0.2) is 0 Å². The summed E-state index contributed by atoms with van der Waals surface area (Å²) in [6, 6.07) is 0. The van der Waals surface area contributed by atoms with Gasteiger partial charge in [-0.1, -0.05) is 6.92 Å². The monoisotopic (exact) mass is 173 g/mol. The van der Waals surface area contributed by atoms with Gasteiger partial charge in [0, 0.05) is 5.41 Å². The van der Waals surface area contributed by atoms with Crippen LogP contribution in [0.1, 0.15) is 26.2 Å². The fourth-order valence-corrected chi connectivity index (χ4v) is 1.73. The molecule has 2 unspecified atom stereocenters. The zero-order chi connectivity index (χ0) is 9.19. The van der Waals surface area contributed by atoms with Crippen LogP contribution in [0.5, 0.6) is 0 Å². The van der Waals surface area contributed by atoms with E-state index in [1.54, 1.807) is 0 Å². The lowest BCUT2D eigenvalue weighted by Crippen LogP contribution is -2.36. The molecule has 0 aliphatic heterocycles. The standard InChI is InChI=1S/C9H19NO2/c1-2-7(5-10)8(12)9(6-11)3-4-9/h7-8,11-12H,2-6,10H2,1H3. The van der Waals surface area contributed by atoms with E-state index in [4.69, 9.17) is 10.8 Å². The maximum atomic E-state index is 9.86. The van der Waals surface area contributed by atoms with Crippen molar-refractivity contribution in [1.29, 1.82) is 0 Å². The number of aliphatic hydroxyl groups is 2. The molecular weight excluding hydrogens is 154 g/mol. The van der Waals surface area contributed by atoms with Gasteiger partial charge >= 0.3 is 0 Å². The zero-order valence-corrected chi connectivity index (χ0v) is 7.66. The van der Waals surface area contributed by atoms with Crippen LogP contribution in [0.25, 0.3) is 0 Å². The van der Waals surface area contributed by atoms with Gasteiger partial charge in [0.05, 0.1) is 12.7 Å². The molecule has 12 heavy (non-hydrogen) atoms. The molecule has 1 aliphatic rings. The first-order chi connectivity index (χ1) is 5.70. The topological polar surface area (TPSA) is 66.5 Å². The van der Waals surface area contributed by atoms with E-state index < -0.39 is 6.10 Å². The SMILES string of the molecule is CCC(CN)C(O)C1(CO)CC1. The predicted octanol–water partition coefficient (Wildman–Crippen LogP) is 0.105. The molecule has 0 spiro atoms. The van der Waals surface area contributed by atoms with E-state index in [2.05, 4.69) is 0 Å². The smallest absolute Gasteiger partial charge is 0.0658 e. The minimum Gasteiger partial charge on any atom is -0.396 e. The van der Waals surface area contributed by atoms with Crippen molar-refractivity contribution in [1.82, 2.24) is 0 Å². The molecule has 0 aromatic carbocycles. The van der Waals surface area contributed by atoms with Crippen molar-refractivity contribution in [3.63, 3.8) is 0 Å². The van der Waals surface area contributed by atoms with Crippen LogP contribution in [-0.2, 0) is 0 Å². The van der Waals surface area contributed by atoms with Gasteiger partial charge in [-0.3, -0.25) is 0 Å². The normalized spacial score (nSPS) is 25.0. The molecule has 1 aliphatic carbocycles. The van der Waals surface area contributed by atoms with Crippen LogP contribution in [0.15, 0.2) is 0 Å². The average Bonchev–Trinajstić information content (AvgIpc) is 2.86. The second-order valence-corrected chi connectivity index (χ2v) is 3.87. The summed E-state index contributed by atoms with van der Waals surface area (Å²) in [7, 11) is 0. The summed E-state index contributed by atoms with van der Waals surface area (Å²) in [5.41, 5.74) is 5.33. The molecule has 0 aromatic heterocycles. The second-order valence-electron chi connectivity index (χ2n) is 3.87. The summed E-state index contributed by atoms with van der Waals surface area (Å²) in [4.78, 5) is 0. The molecule has 2 atom stereocenters. The van der Waals surface area contributed by atoms with Crippen LogP contribution in [-0.4, -0.2) is 29.5 Å².